The van der Waals surface area contributed by atoms with Gasteiger partial charge in [0, 0.05) is 69.0 Å². The van der Waals surface area contributed by atoms with E-state index in [0.29, 0.717) is 55.1 Å². The molecule has 0 atom stereocenters. The van der Waals surface area contributed by atoms with Crippen LogP contribution in [0.1, 0.15) is 90.2 Å². The third-order valence-electron chi connectivity index (χ3n) is 9.03. The van der Waals surface area contributed by atoms with Crippen molar-refractivity contribution in [2.75, 3.05) is 62.6 Å². The first kappa shape index (κ1) is 33.2. The van der Waals surface area contributed by atoms with Crippen molar-refractivity contribution in [3.63, 3.8) is 0 Å². The Hall–Kier alpha value is -4.17. The quantitative estimate of drug-likeness (QED) is 0.368. The van der Waals surface area contributed by atoms with E-state index >= 15 is 0 Å². The van der Waals surface area contributed by atoms with Gasteiger partial charge < -0.3 is 25.3 Å². The topological polar surface area (TPSA) is 85.0 Å². The molecule has 0 spiro atoms. The second-order valence-electron chi connectivity index (χ2n) is 14.5. The number of hydrogen-bond donors (Lipinski definition) is 2. The summed E-state index contributed by atoms with van der Waals surface area (Å²) in [5.74, 6) is -0.228. The largest absolute Gasteiger partial charge is 0.368 e. The highest BCUT2D eigenvalue weighted by atomic mass is 16.2. The fourth-order valence-corrected chi connectivity index (χ4v) is 6.07. The van der Waals surface area contributed by atoms with Gasteiger partial charge in [0.2, 0.25) is 0 Å². The molecule has 0 saturated carbocycles. The van der Waals surface area contributed by atoms with Crippen LogP contribution in [0, 0.1) is 0 Å². The van der Waals surface area contributed by atoms with E-state index in [2.05, 4.69) is 57.1 Å². The Bertz CT molecular complexity index is 1550. The van der Waals surface area contributed by atoms with Crippen molar-refractivity contribution in [2.45, 2.75) is 58.8 Å². The van der Waals surface area contributed by atoms with Crippen LogP contribution in [0.25, 0.3) is 0 Å². The Morgan fingerprint density at radius 3 is 1.72 bits per heavy atom. The summed E-state index contributed by atoms with van der Waals surface area (Å²) >= 11 is 0. The Kier molecular flexibility index (Phi) is 9.87. The molecule has 5 rings (SSSR count). The van der Waals surface area contributed by atoms with Gasteiger partial charge in [0.15, 0.2) is 0 Å². The van der Waals surface area contributed by atoms with Gasteiger partial charge in [-0.2, -0.15) is 0 Å². The van der Waals surface area contributed by atoms with Crippen molar-refractivity contribution >= 4 is 29.1 Å². The Labute approximate surface area is 274 Å². The number of piperazine rings is 1. The van der Waals surface area contributed by atoms with Gasteiger partial charge in [0.05, 0.1) is 11.4 Å². The van der Waals surface area contributed by atoms with Gasteiger partial charge >= 0.3 is 0 Å². The van der Waals surface area contributed by atoms with Crippen LogP contribution in [0.15, 0.2) is 66.7 Å². The number of hydrogen-bond acceptors (Lipinski definition) is 5. The minimum atomic E-state index is -0.223. The van der Waals surface area contributed by atoms with Gasteiger partial charge in [-0.05, 0) is 70.8 Å². The molecule has 8 nitrogen and oxygen atoms in total. The van der Waals surface area contributed by atoms with E-state index in [9.17, 15) is 14.4 Å². The van der Waals surface area contributed by atoms with Crippen molar-refractivity contribution < 1.29 is 14.4 Å². The lowest BCUT2D eigenvalue weighted by atomic mass is 9.86. The third-order valence-corrected chi connectivity index (χ3v) is 9.03. The second kappa shape index (κ2) is 13.7. The van der Waals surface area contributed by atoms with Crippen LogP contribution in [0.5, 0.6) is 0 Å². The number of nitrogens with zero attached hydrogens (tertiary/aromatic N) is 3. The molecule has 0 unspecified atom stereocenters. The van der Waals surface area contributed by atoms with Crippen LogP contribution in [-0.2, 0) is 10.8 Å². The first-order chi connectivity index (χ1) is 21.8. The van der Waals surface area contributed by atoms with Crippen LogP contribution in [0.4, 0.5) is 11.4 Å². The average molecular weight is 624 g/mol. The molecule has 0 aliphatic carbocycles. The van der Waals surface area contributed by atoms with Crippen LogP contribution in [-0.4, -0.2) is 79.9 Å². The fourth-order valence-electron chi connectivity index (χ4n) is 6.07. The number of benzene rings is 3. The molecule has 2 aliphatic rings. The summed E-state index contributed by atoms with van der Waals surface area (Å²) in [6.07, 6.45) is 0.787. The molecule has 0 aromatic heterocycles. The fraction of sp³-hybridized carbons (Fsp3) is 0.447. The number of rotatable bonds is 5. The highest BCUT2D eigenvalue weighted by Gasteiger charge is 2.25. The molecule has 46 heavy (non-hydrogen) atoms. The summed E-state index contributed by atoms with van der Waals surface area (Å²) in [5, 5.41) is 6.43. The van der Waals surface area contributed by atoms with E-state index in [1.54, 1.807) is 0 Å². The molecule has 3 aromatic rings. The number of amides is 3. The van der Waals surface area contributed by atoms with Gasteiger partial charge in [0.25, 0.3) is 17.7 Å². The molecule has 0 radical (unpaired) electrons. The summed E-state index contributed by atoms with van der Waals surface area (Å²) in [6, 6.07) is 21.3. The number of anilines is 2. The molecular formula is C38H49N5O3. The smallest absolute Gasteiger partial charge is 0.255 e. The van der Waals surface area contributed by atoms with Crippen LogP contribution >= 0.6 is 0 Å². The van der Waals surface area contributed by atoms with E-state index in [0.717, 1.165) is 37.3 Å². The minimum absolute atomic E-state index is 0.0151. The first-order valence-electron chi connectivity index (χ1n) is 16.5. The molecule has 8 heteroatoms. The van der Waals surface area contributed by atoms with Crippen LogP contribution in [0.2, 0.25) is 0 Å². The molecule has 0 bridgehead atoms. The highest BCUT2D eigenvalue weighted by molar-refractivity contribution is 6.07. The van der Waals surface area contributed by atoms with Crippen LogP contribution < -0.4 is 15.5 Å². The SMILES string of the molecule is CC(C)(C)c1ccc(C(=O)Nc2cc(C(=O)N3CCNCC3)ccc2N2CCCN(C(=O)c3ccc(C(C)(C)C)cc3)CC2)cc1. The number of nitrogens with one attached hydrogen (secondary N) is 2. The van der Waals surface area contributed by atoms with Crippen LogP contribution in [0.3, 0.4) is 0 Å². The maximum atomic E-state index is 13.6. The zero-order valence-electron chi connectivity index (χ0n) is 28.3. The van der Waals surface area contributed by atoms with E-state index in [1.807, 2.05) is 76.5 Å². The highest BCUT2D eigenvalue weighted by Crippen LogP contribution is 2.31. The number of carbonyl (C=O) groups is 3. The summed E-state index contributed by atoms with van der Waals surface area (Å²) in [4.78, 5) is 46.5. The third kappa shape index (κ3) is 7.79. The van der Waals surface area contributed by atoms with Crippen molar-refractivity contribution in [2.24, 2.45) is 0 Å². The first-order valence-corrected chi connectivity index (χ1v) is 16.5. The Morgan fingerprint density at radius 2 is 1.13 bits per heavy atom. The lowest BCUT2D eigenvalue weighted by Crippen LogP contribution is -2.46. The predicted octanol–water partition coefficient (Wildman–Crippen LogP) is 5.93. The number of carbonyl (C=O) groups excluding carboxylic acids is 3. The summed E-state index contributed by atoms with van der Waals surface area (Å²) < 4.78 is 0. The van der Waals surface area contributed by atoms with Gasteiger partial charge in [-0.15, -0.1) is 0 Å². The molecule has 2 aliphatic heterocycles. The lowest BCUT2D eigenvalue weighted by Gasteiger charge is -2.29. The van der Waals surface area contributed by atoms with Gasteiger partial charge in [-0.1, -0.05) is 65.8 Å². The monoisotopic (exact) mass is 623 g/mol. The maximum Gasteiger partial charge on any atom is 0.255 e. The molecule has 2 saturated heterocycles. The molecule has 2 heterocycles. The lowest BCUT2D eigenvalue weighted by molar-refractivity contribution is 0.0734. The minimum Gasteiger partial charge on any atom is -0.368 e. The Balaban J connectivity index is 1.37. The van der Waals surface area contributed by atoms with E-state index in [-0.39, 0.29) is 28.6 Å². The van der Waals surface area contributed by atoms with E-state index < -0.39 is 0 Å². The van der Waals surface area contributed by atoms with Gasteiger partial charge in [0.1, 0.15) is 0 Å². The normalized spacial score (nSPS) is 16.2. The zero-order chi connectivity index (χ0) is 33.1. The second-order valence-corrected chi connectivity index (χ2v) is 14.5. The predicted molar refractivity (Wildman–Crippen MR) is 186 cm³/mol. The zero-order valence-corrected chi connectivity index (χ0v) is 28.3. The maximum absolute atomic E-state index is 13.6. The standard InChI is InChI=1S/C38H49N5O3/c1-37(2,3)30-13-8-27(9-14-30)34(44)40-32-26-29(36(46)43-22-18-39-19-23-43)12-17-33(32)41-20-7-21-42(25-24-41)35(45)28-10-15-31(16-11-28)38(4,5)6/h8-17,26,39H,7,18-25H2,1-6H3,(H,40,44). The van der Waals surface area contributed by atoms with Crippen molar-refractivity contribution in [3.8, 4) is 0 Å². The summed E-state index contributed by atoms with van der Waals surface area (Å²) in [5.41, 5.74) is 5.62. The molecular weight excluding hydrogens is 574 g/mol. The van der Waals surface area contributed by atoms with Gasteiger partial charge in [-0.25, -0.2) is 0 Å². The van der Waals surface area contributed by atoms with Crippen molar-refractivity contribution in [1.82, 2.24) is 15.1 Å². The molecule has 2 fully saturated rings. The molecule has 2 N–H and O–H groups in total. The molecule has 244 valence electrons. The van der Waals surface area contributed by atoms with E-state index in [1.165, 1.54) is 5.56 Å². The summed E-state index contributed by atoms with van der Waals surface area (Å²) in [7, 11) is 0. The Morgan fingerprint density at radius 1 is 0.609 bits per heavy atom. The molecule has 3 amide bonds. The molecule has 3 aromatic carbocycles. The van der Waals surface area contributed by atoms with Gasteiger partial charge in [-0.3, -0.25) is 14.4 Å². The van der Waals surface area contributed by atoms with Crippen molar-refractivity contribution in [3.05, 3.63) is 94.5 Å². The average Bonchev–Trinajstić information content (AvgIpc) is 3.30. The van der Waals surface area contributed by atoms with E-state index in [4.69, 9.17) is 0 Å². The summed E-state index contributed by atoms with van der Waals surface area (Å²) in [6.45, 7) is 18.3. The van der Waals surface area contributed by atoms with Crippen molar-refractivity contribution in [1.29, 1.82) is 0 Å².